The molecule has 156 valence electrons. The third-order valence-electron chi connectivity index (χ3n) is 5.50. The van der Waals surface area contributed by atoms with Crippen molar-refractivity contribution < 1.29 is 13.2 Å². The van der Waals surface area contributed by atoms with Crippen molar-refractivity contribution in [3.63, 3.8) is 0 Å². The summed E-state index contributed by atoms with van der Waals surface area (Å²) < 4.78 is 27.4. The van der Waals surface area contributed by atoms with Crippen molar-refractivity contribution in [2.24, 2.45) is 5.92 Å². The molecule has 1 unspecified atom stereocenters. The van der Waals surface area contributed by atoms with E-state index in [4.69, 9.17) is 0 Å². The van der Waals surface area contributed by atoms with Gasteiger partial charge in [0.15, 0.2) is 0 Å². The first-order chi connectivity index (χ1) is 13.9. The number of carbonyl (C=O) groups is 1. The normalized spacial score (nSPS) is 17.8. The second-order valence-corrected chi connectivity index (χ2v) is 9.75. The van der Waals surface area contributed by atoms with E-state index in [-0.39, 0.29) is 11.8 Å². The van der Waals surface area contributed by atoms with E-state index >= 15 is 0 Å². The summed E-state index contributed by atoms with van der Waals surface area (Å²) in [4.78, 5) is 12.5. The van der Waals surface area contributed by atoms with Gasteiger partial charge in [-0.15, -0.1) is 0 Å². The van der Waals surface area contributed by atoms with Gasteiger partial charge in [-0.1, -0.05) is 48.0 Å². The molecule has 2 aromatic rings. The van der Waals surface area contributed by atoms with Crippen LogP contribution in [0.15, 0.2) is 59.5 Å². The Labute approximate surface area is 174 Å². The summed E-state index contributed by atoms with van der Waals surface area (Å²) >= 11 is 0. The molecular formula is C23H30N2O3S. The van der Waals surface area contributed by atoms with Crippen LogP contribution in [-0.4, -0.2) is 38.3 Å². The van der Waals surface area contributed by atoms with Crippen molar-refractivity contribution in [1.82, 2.24) is 9.62 Å². The molecule has 0 aromatic heterocycles. The highest BCUT2D eigenvalue weighted by atomic mass is 32.2. The quantitative estimate of drug-likeness (QED) is 0.719. The van der Waals surface area contributed by atoms with Crippen molar-refractivity contribution in [3.05, 3.63) is 65.7 Å². The number of aryl methyl sites for hydroxylation is 1. The highest BCUT2D eigenvalue weighted by Gasteiger charge is 2.30. The van der Waals surface area contributed by atoms with Crippen molar-refractivity contribution in [2.45, 2.75) is 43.9 Å². The third-order valence-corrected chi connectivity index (χ3v) is 7.38. The van der Waals surface area contributed by atoms with Gasteiger partial charge in [0.2, 0.25) is 15.9 Å². The lowest BCUT2D eigenvalue weighted by molar-refractivity contribution is -0.121. The molecule has 3 rings (SSSR count). The Hall–Kier alpha value is -2.18. The largest absolute Gasteiger partial charge is 0.356 e. The molecule has 2 aromatic carbocycles. The fraction of sp³-hybridized carbons (Fsp3) is 0.435. The number of piperidine rings is 1. The maximum atomic E-state index is 12.9. The Bertz CT molecular complexity index is 895. The van der Waals surface area contributed by atoms with Gasteiger partial charge in [-0.3, -0.25) is 4.79 Å². The zero-order valence-corrected chi connectivity index (χ0v) is 17.8. The van der Waals surface area contributed by atoms with Gasteiger partial charge in [0.25, 0.3) is 0 Å². The Morgan fingerprint density at radius 3 is 2.55 bits per heavy atom. The minimum Gasteiger partial charge on any atom is -0.356 e. The van der Waals surface area contributed by atoms with Gasteiger partial charge in [-0.05, 0) is 56.2 Å². The highest BCUT2D eigenvalue weighted by molar-refractivity contribution is 7.89. The summed E-state index contributed by atoms with van der Waals surface area (Å²) in [7, 11) is -3.46. The van der Waals surface area contributed by atoms with Crippen LogP contribution in [0.3, 0.4) is 0 Å². The average Bonchev–Trinajstić information content (AvgIpc) is 2.73. The van der Waals surface area contributed by atoms with Gasteiger partial charge in [0, 0.05) is 26.1 Å². The van der Waals surface area contributed by atoms with Gasteiger partial charge in [-0.2, -0.15) is 4.31 Å². The van der Waals surface area contributed by atoms with Crippen LogP contribution in [0, 0.1) is 12.8 Å². The molecule has 1 N–H and O–H groups in total. The summed E-state index contributed by atoms with van der Waals surface area (Å²) in [5.41, 5.74) is 2.25. The lowest BCUT2D eigenvalue weighted by Gasteiger charge is -2.32. The van der Waals surface area contributed by atoms with E-state index in [1.165, 1.54) is 5.56 Å². The number of benzene rings is 2. The van der Waals surface area contributed by atoms with Crippen LogP contribution in [0.4, 0.5) is 0 Å². The fourth-order valence-corrected chi connectivity index (χ4v) is 5.31. The predicted molar refractivity (Wildman–Crippen MR) is 115 cm³/mol. The maximum Gasteiger partial charge on any atom is 0.243 e. The van der Waals surface area contributed by atoms with Crippen LogP contribution in [-0.2, 0) is 21.2 Å². The molecule has 0 spiro atoms. The number of sulfonamides is 1. The average molecular weight is 415 g/mol. The van der Waals surface area contributed by atoms with Crippen LogP contribution < -0.4 is 5.32 Å². The minimum absolute atomic E-state index is 0.0412. The zero-order chi connectivity index (χ0) is 20.7. The minimum atomic E-state index is -3.46. The first kappa shape index (κ1) is 21.5. The van der Waals surface area contributed by atoms with Crippen LogP contribution in [0.1, 0.15) is 36.8 Å². The standard InChI is InChI=1S/C23H30N2O3S/c1-19-9-12-22(13-10-19)29(27,28)25-17-5-8-21(18-25)11-14-23(26)24-16-15-20-6-3-2-4-7-20/h2-4,6-7,9-10,12-13,21H,5,8,11,14-18H2,1H3,(H,24,26). The number of carbonyl (C=O) groups excluding carboxylic acids is 1. The van der Waals surface area contributed by atoms with E-state index in [1.54, 1.807) is 16.4 Å². The summed E-state index contributed by atoms with van der Waals surface area (Å²) in [6.45, 7) is 3.61. The Balaban J connectivity index is 1.45. The number of rotatable bonds is 8. The molecule has 1 amide bonds. The number of hydrogen-bond donors (Lipinski definition) is 1. The third kappa shape index (κ3) is 6.15. The summed E-state index contributed by atoms with van der Waals surface area (Å²) in [5.74, 6) is 0.267. The molecule has 1 aliphatic heterocycles. The van der Waals surface area contributed by atoms with Crippen LogP contribution in [0.5, 0.6) is 0 Å². The van der Waals surface area contributed by atoms with Crippen LogP contribution in [0.2, 0.25) is 0 Å². The highest BCUT2D eigenvalue weighted by Crippen LogP contribution is 2.26. The van der Waals surface area contributed by atoms with Crippen LogP contribution in [0.25, 0.3) is 0 Å². The lowest BCUT2D eigenvalue weighted by Crippen LogP contribution is -2.40. The smallest absolute Gasteiger partial charge is 0.243 e. The van der Waals surface area contributed by atoms with E-state index in [0.717, 1.165) is 31.2 Å². The van der Waals surface area contributed by atoms with E-state index in [9.17, 15) is 13.2 Å². The first-order valence-corrected chi connectivity index (χ1v) is 11.8. The SMILES string of the molecule is Cc1ccc(S(=O)(=O)N2CCCC(CCC(=O)NCCc3ccccc3)C2)cc1. The van der Waals surface area contributed by atoms with E-state index in [0.29, 0.717) is 31.0 Å². The second kappa shape index (κ2) is 10.0. The molecule has 5 nitrogen and oxygen atoms in total. The number of nitrogens with zero attached hydrogens (tertiary/aromatic N) is 1. The predicted octanol–water partition coefficient (Wildman–Crippen LogP) is 3.53. The molecule has 0 aliphatic carbocycles. The molecule has 0 bridgehead atoms. The topological polar surface area (TPSA) is 66.5 Å². The van der Waals surface area contributed by atoms with Crippen molar-refractivity contribution >= 4 is 15.9 Å². The number of nitrogens with one attached hydrogen (secondary N) is 1. The van der Waals surface area contributed by atoms with Crippen molar-refractivity contribution in [2.75, 3.05) is 19.6 Å². The summed E-state index contributed by atoms with van der Waals surface area (Å²) in [5, 5.41) is 2.97. The Morgan fingerprint density at radius 2 is 1.83 bits per heavy atom. The zero-order valence-electron chi connectivity index (χ0n) is 17.0. The van der Waals surface area contributed by atoms with Crippen molar-refractivity contribution in [1.29, 1.82) is 0 Å². The molecule has 1 aliphatic rings. The number of amides is 1. The monoisotopic (exact) mass is 414 g/mol. The lowest BCUT2D eigenvalue weighted by atomic mass is 9.94. The Kier molecular flexibility index (Phi) is 7.45. The molecule has 1 saturated heterocycles. The summed E-state index contributed by atoms with van der Waals surface area (Å²) in [6, 6.07) is 17.1. The molecule has 1 atom stereocenters. The second-order valence-electron chi connectivity index (χ2n) is 7.81. The Morgan fingerprint density at radius 1 is 1.10 bits per heavy atom. The van der Waals surface area contributed by atoms with Crippen molar-refractivity contribution in [3.8, 4) is 0 Å². The van der Waals surface area contributed by atoms with E-state index < -0.39 is 10.0 Å². The van der Waals surface area contributed by atoms with E-state index in [2.05, 4.69) is 17.4 Å². The van der Waals surface area contributed by atoms with Gasteiger partial charge in [-0.25, -0.2) is 8.42 Å². The number of hydrogen-bond acceptors (Lipinski definition) is 3. The molecule has 29 heavy (non-hydrogen) atoms. The molecule has 1 heterocycles. The van der Waals surface area contributed by atoms with E-state index in [1.807, 2.05) is 37.3 Å². The van der Waals surface area contributed by atoms with Gasteiger partial charge in [0.05, 0.1) is 4.90 Å². The van der Waals surface area contributed by atoms with Gasteiger partial charge >= 0.3 is 0 Å². The molecule has 0 saturated carbocycles. The first-order valence-electron chi connectivity index (χ1n) is 10.3. The van der Waals surface area contributed by atoms with Crippen LogP contribution >= 0.6 is 0 Å². The fourth-order valence-electron chi connectivity index (χ4n) is 3.75. The molecule has 6 heteroatoms. The maximum absolute atomic E-state index is 12.9. The molecular weight excluding hydrogens is 384 g/mol. The summed E-state index contributed by atoms with van der Waals surface area (Å²) in [6.07, 6.45) is 3.79. The molecule has 0 radical (unpaired) electrons. The van der Waals surface area contributed by atoms with Gasteiger partial charge in [0.1, 0.15) is 0 Å². The molecule has 1 fully saturated rings. The van der Waals surface area contributed by atoms with Gasteiger partial charge < -0.3 is 5.32 Å².